The zero-order valence-corrected chi connectivity index (χ0v) is 24.9. The first-order valence-electron chi connectivity index (χ1n) is 13.7. The van der Waals surface area contributed by atoms with E-state index >= 15 is 0 Å². The molecule has 0 saturated heterocycles. The van der Waals surface area contributed by atoms with Gasteiger partial charge in [0.2, 0.25) is 0 Å². The molecule has 0 aromatic rings. The van der Waals surface area contributed by atoms with Gasteiger partial charge in [0.05, 0.1) is 0 Å². The summed E-state index contributed by atoms with van der Waals surface area (Å²) in [4.78, 5) is 0. The Morgan fingerprint density at radius 2 is 0.871 bits per heavy atom. The fourth-order valence-corrected chi connectivity index (χ4v) is 17.6. The molecule has 0 N–H and O–H groups in total. The second-order valence-corrected chi connectivity index (χ2v) is 21.3. The van der Waals surface area contributed by atoms with Crippen molar-refractivity contribution in [1.29, 1.82) is 0 Å². The molecule has 0 fully saturated rings. The van der Waals surface area contributed by atoms with Crippen LogP contribution in [0.15, 0.2) is 40.0 Å². The van der Waals surface area contributed by atoms with Crippen LogP contribution in [0.2, 0.25) is 9.26 Å². The van der Waals surface area contributed by atoms with E-state index in [1.54, 1.807) is 11.1 Å². The molecule has 0 saturated carbocycles. The molecule has 0 unspecified atom stereocenters. The van der Waals surface area contributed by atoms with Crippen molar-refractivity contribution in [3.8, 4) is 0 Å². The van der Waals surface area contributed by atoms with Crippen molar-refractivity contribution < 1.29 is 20.3 Å². The van der Waals surface area contributed by atoms with Crippen molar-refractivity contribution in [1.82, 2.24) is 0 Å². The quantitative estimate of drug-likeness (QED) is 0.221. The van der Waals surface area contributed by atoms with Gasteiger partial charge in [0, 0.05) is 0 Å². The third-order valence-corrected chi connectivity index (χ3v) is 17.1. The van der Waals surface area contributed by atoms with E-state index in [0.29, 0.717) is 0 Å². The van der Waals surface area contributed by atoms with E-state index in [9.17, 15) is 0 Å². The molecule has 1 heteroatoms. The number of hydrogen-bond acceptors (Lipinski definition) is 0. The Kier molecular flexibility index (Phi) is 11.3. The van der Waals surface area contributed by atoms with Crippen LogP contribution in [0.1, 0.15) is 131 Å². The van der Waals surface area contributed by atoms with Crippen LogP contribution in [-0.2, 0) is 20.3 Å². The van der Waals surface area contributed by atoms with E-state index in [-0.39, 0.29) is 0 Å². The van der Waals surface area contributed by atoms with Crippen molar-refractivity contribution in [2.45, 2.75) is 141 Å². The van der Waals surface area contributed by atoms with Gasteiger partial charge in [-0.2, -0.15) is 0 Å². The summed E-state index contributed by atoms with van der Waals surface area (Å²) in [6.45, 7) is 14.4. The maximum absolute atomic E-state index is 2.80. The monoisotopic (exact) mass is 502 g/mol. The van der Waals surface area contributed by atoms with Gasteiger partial charge in [-0.05, 0) is 0 Å². The molecule has 0 nitrogen and oxygen atoms in total. The maximum atomic E-state index is 2.80. The van der Waals surface area contributed by atoms with Crippen LogP contribution in [0, 0.1) is 0 Å². The van der Waals surface area contributed by atoms with Gasteiger partial charge >= 0.3 is 201 Å². The summed E-state index contributed by atoms with van der Waals surface area (Å²) in [6, 6.07) is 0. The fraction of sp³-hybridized carbons (Fsp3) is 0.733. The van der Waals surface area contributed by atoms with Gasteiger partial charge in [-0.15, -0.1) is 0 Å². The molecule has 0 spiro atoms. The Hall–Kier alpha value is -0.157. The third kappa shape index (κ3) is 6.46. The van der Waals surface area contributed by atoms with Crippen molar-refractivity contribution in [3.05, 3.63) is 40.0 Å². The molecule has 0 atom stereocenters. The number of unbranched alkanes of at least 4 members (excludes halogenated alkanes) is 4. The minimum absolute atomic E-state index is 1.29. The van der Waals surface area contributed by atoms with E-state index in [2.05, 4.69) is 50.8 Å². The number of rotatable bonds is 14. The molecule has 31 heavy (non-hydrogen) atoms. The van der Waals surface area contributed by atoms with Gasteiger partial charge in [0.25, 0.3) is 0 Å². The normalized spacial score (nSPS) is 17.8. The molecule has 0 amide bonds. The van der Waals surface area contributed by atoms with Crippen LogP contribution >= 0.6 is 0 Å². The fourth-order valence-electron chi connectivity index (χ4n) is 6.24. The molecule has 0 aromatic heterocycles. The third-order valence-electron chi connectivity index (χ3n) is 7.77. The van der Waals surface area contributed by atoms with Gasteiger partial charge in [-0.1, -0.05) is 0 Å². The molecule has 0 radical (unpaired) electrons. The average molecular weight is 504 g/mol. The van der Waals surface area contributed by atoms with Crippen LogP contribution in [0.4, 0.5) is 0 Å². The topological polar surface area (TPSA) is 0 Å². The zero-order chi connectivity index (χ0) is 23.0. The van der Waals surface area contributed by atoms with Gasteiger partial charge in [-0.3, -0.25) is 0 Å². The summed E-state index contributed by atoms with van der Waals surface area (Å²) in [5.74, 6) is 0. The Bertz CT molecular complexity index is 676. The van der Waals surface area contributed by atoms with Gasteiger partial charge in [-0.25, -0.2) is 0 Å². The Morgan fingerprint density at radius 1 is 0.548 bits per heavy atom. The first-order chi connectivity index (χ1) is 14.8. The molecule has 2 rings (SSSR count). The van der Waals surface area contributed by atoms with Gasteiger partial charge in [0.1, 0.15) is 0 Å². The second-order valence-electron chi connectivity index (χ2n) is 10.9. The molecule has 0 bridgehead atoms. The van der Waals surface area contributed by atoms with E-state index in [1.807, 2.05) is 28.9 Å². The second kappa shape index (κ2) is 12.9. The summed E-state index contributed by atoms with van der Waals surface area (Å²) in [6.07, 6.45) is 18.7. The van der Waals surface area contributed by atoms with Gasteiger partial charge in [0.15, 0.2) is 0 Å². The summed E-state index contributed by atoms with van der Waals surface area (Å²) >= 11 is -2.69. The van der Waals surface area contributed by atoms with Crippen LogP contribution in [0.3, 0.4) is 0 Å². The van der Waals surface area contributed by atoms with E-state index < -0.39 is 20.3 Å². The molecule has 0 aliphatic heterocycles. The number of allylic oxidation sites excluding steroid dienone is 8. The van der Waals surface area contributed by atoms with Crippen LogP contribution < -0.4 is 0 Å². The summed E-state index contributed by atoms with van der Waals surface area (Å²) in [5, 5.41) is 0. The van der Waals surface area contributed by atoms with Crippen molar-refractivity contribution in [3.63, 3.8) is 0 Å². The van der Waals surface area contributed by atoms with E-state index in [4.69, 9.17) is 0 Å². The van der Waals surface area contributed by atoms with E-state index in [1.165, 1.54) is 89.9 Å². The molecule has 176 valence electrons. The molecular formula is C30H52Zr. The molecule has 2 aliphatic carbocycles. The Morgan fingerprint density at radius 3 is 1.19 bits per heavy atom. The Labute approximate surface area is 200 Å². The van der Waals surface area contributed by atoms with E-state index in [0.717, 1.165) is 0 Å². The summed E-state index contributed by atoms with van der Waals surface area (Å²) in [7, 11) is 0. The number of hydrogen-bond donors (Lipinski definition) is 0. The predicted molar refractivity (Wildman–Crippen MR) is 139 cm³/mol. The molecule has 2 aliphatic rings. The Balaban J connectivity index is 2.59. The van der Waals surface area contributed by atoms with Crippen molar-refractivity contribution in [2.75, 3.05) is 0 Å². The average Bonchev–Trinajstić information content (AvgIpc) is 3.23. The zero-order valence-electron chi connectivity index (χ0n) is 22.4. The predicted octanol–water partition coefficient (Wildman–Crippen LogP) is 10.9. The molecular weight excluding hydrogens is 452 g/mol. The van der Waals surface area contributed by atoms with Crippen LogP contribution in [-0.4, -0.2) is 0 Å². The van der Waals surface area contributed by atoms with Gasteiger partial charge < -0.3 is 0 Å². The van der Waals surface area contributed by atoms with Crippen molar-refractivity contribution in [2.24, 2.45) is 0 Å². The van der Waals surface area contributed by atoms with Crippen LogP contribution in [0.25, 0.3) is 0 Å². The standard InChI is InChI=1S/2C14H23.2CH3.Zr/c2*1-4-6-8-13-10-12(3)14(11-13)9-7-5-2;;;/h2*4-10H2,1-3H3;2*1H3;. The first kappa shape index (κ1) is 27.1. The van der Waals surface area contributed by atoms with Crippen molar-refractivity contribution >= 4 is 0 Å². The molecule has 0 aromatic carbocycles. The summed E-state index contributed by atoms with van der Waals surface area (Å²) < 4.78 is 9.54. The first-order valence-corrected chi connectivity index (χ1v) is 21.0. The molecule has 0 heterocycles. The van der Waals surface area contributed by atoms with Crippen LogP contribution in [0.5, 0.6) is 0 Å². The SMILES string of the molecule is CCCCC1=[C]([Zr]([CH3])([CH3])[C]2=C(CCCC)CC(C)=C2CCCC)C(CCCC)=C(C)C1. The summed E-state index contributed by atoms with van der Waals surface area (Å²) in [5.41, 5.74) is 10.8. The minimum atomic E-state index is -2.69.